The van der Waals surface area contributed by atoms with Crippen molar-refractivity contribution in [3.63, 3.8) is 0 Å². The number of aromatic nitrogens is 2. The van der Waals surface area contributed by atoms with Crippen LogP contribution >= 0.6 is 0 Å². The number of anilines is 1. The number of piperazine rings is 1. The highest BCUT2D eigenvalue weighted by Gasteiger charge is 2.41. The summed E-state index contributed by atoms with van der Waals surface area (Å²) in [6.07, 6.45) is -3.03. The van der Waals surface area contributed by atoms with Gasteiger partial charge in [0.2, 0.25) is 15.9 Å². The van der Waals surface area contributed by atoms with E-state index >= 15 is 0 Å². The SMILES string of the molecule is CCCc1ccc(CNC(=O)[C@H]2CN(c3cc(C)c(C(=O)OC)nn3)CCN2S(=O)(=O)c2ccc(OC(F)(F)F)cc2)cc1. The number of benzene rings is 2. The van der Waals surface area contributed by atoms with Crippen LogP contribution in [0.2, 0.25) is 0 Å². The number of carbonyl (C=O) groups excluding carboxylic acids is 2. The number of esters is 1. The van der Waals surface area contributed by atoms with Gasteiger partial charge in [-0.05, 0) is 60.4 Å². The van der Waals surface area contributed by atoms with Crippen molar-refractivity contribution in [1.82, 2.24) is 19.8 Å². The average molecular weight is 636 g/mol. The van der Waals surface area contributed by atoms with E-state index in [1.165, 1.54) is 7.11 Å². The van der Waals surface area contributed by atoms with Gasteiger partial charge in [0.25, 0.3) is 0 Å². The van der Waals surface area contributed by atoms with Crippen molar-refractivity contribution in [2.75, 3.05) is 31.6 Å². The van der Waals surface area contributed by atoms with Crippen molar-refractivity contribution in [2.45, 2.75) is 50.5 Å². The molecule has 4 rings (SSSR count). The minimum absolute atomic E-state index is 0.0228. The molecule has 11 nitrogen and oxygen atoms in total. The molecule has 1 aromatic heterocycles. The van der Waals surface area contributed by atoms with E-state index in [0.717, 1.165) is 52.5 Å². The lowest BCUT2D eigenvalue weighted by Gasteiger charge is -2.40. The number of sulfonamides is 1. The van der Waals surface area contributed by atoms with Crippen molar-refractivity contribution in [3.8, 4) is 5.75 Å². The van der Waals surface area contributed by atoms with Crippen molar-refractivity contribution in [2.24, 2.45) is 0 Å². The number of halogens is 3. The first kappa shape index (κ1) is 32.7. The minimum Gasteiger partial charge on any atom is -0.464 e. The summed E-state index contributed by atoms with van der Waals surface area (Å²) in [5.74, 6) is -1.50. The van der Waals surface area contributed by atoms with Crippen LogP contribution in [-0.2, 0) is 32.5 Å². The van der Waals surface area contributed by atoms with Crippen LogP contribution in [-0.4, -0.2) is 73.9 Å². The molecule has 1 N–H and O–H groups in total. The molecule has 44 heavy (non-hydrogen) atoms. The van der Waals surface area contributed by atoms with Crippen LogP contribution in [0.15, 0.2) is 59.5 Å². The molecule has 1 aliphatic heterocycles. The Morgan fingerprint density at radius 2 is 1.68 bits per heavy atom. The number of alkyl halides is 3. The first-order valence-corrected chi connectivity index (χ1v) is 15.2. The number of aryl methyl sites for hydroxylation is 2. The van der Waals surface area contributed by atoms with E-state index in [4.69, 9.17) is 4.74 Å². The quantitative estimate of drug-likeness (QED) is 0.332. The van der Waals surface area contributed by atoms with Gasteiger partial charge in [-0.2, -0.15) is 4.31 Å². The molecule has 0 saturated carbocycles. The summed E-state index contributed by atoms with van der Waals surface area (Å²) < 4.78 is 74.8. The van der Waals surface area contributed by atoms with Crippen molar-refractivity contribution in [3.05, 3.63) is 77.0 Å². The van der Waals surface area contributed by atoms with Crippen molar-refractivity contribution in [1.29, 1.82) is 0 Å². The highest BCUT2D eigenvalue weighted by atomic mass is 32.2. The second-order valence-corrected chi connectivity index (χ2v) is 12.0. The number of rotatable bonds is 10. The van der Waals surface area contributed by atoms with Gasteiger partial charge in [-0.1, -0.05) is 37.6 Å². The molecule has 2 heterocycles. The summed E-state index contributed by atoms with van der Waals surface area (Å²) in [6, 6.07) is 11.9. The van der Waals surface area contributed by atoms with Crippen molar-refractivity contribution >= 4 is 27.7 Å². The number of nitrogens with zero attached hydrogens (tertiary/aromatic N) is 4. The maximum absolute atomic E-state index is 13.7. The Morgan fingerprint density at radius 1 is 1.02 bits per heavy atom. The molecule has 2 aromatic carbocycles. The van der Waals surface area contributed by atoms with Crippen LogP contribution in [0.1, 0.15) is 40.5 Å². The Bertz CT molecular complexity index is 1580. The zero-order valence-electron chi connectivity index (χ0n) is 24.3. The predicted octanol–water partition coefficient (Wildman–Crippen LogP) is 3.62. The van der Waals surface area contributed by atoms with E-state index in [1.807, 2.05) is 24.3 Å². The molecule has 0 aliphatic carbocycles. The molecule has 0 bridgehead atoms. The van der Waals surface area contributed by atoms with E-state index in [9.17, 15) is 31.2 Å². The van der Waals surface area contributed by atoms with Crippen LogP contribution in [0.5, 0.6) is 5.75 Å². The Kier molecular flexibility index (Phi) is 10.1. The second kappa shape index (κ2) is 13.6. The molecule has 0 spiro atoms. The average Bonchev–Trinajstić information content (AvgIpc) is 2.99. The lowest BCUT2D eigenvalue weighted by Crippen LogP contribution is -2.60. The monoisotopic (exact) mass is 635 g/mol. The van der Waals surface area contributed by atoms with Crippen LogP contribution in [0.4, 0.5) is 19.0 Å². The van der Waals surface area contributed by atoms with Gasteiger partial charge in [0.15, 0.2) is 11.5 Å². The van der Waals surface area contributed by atoms with Crippen molar-refractivity contribution < 1.29 is 40.7 Å². The third-order valence-corrected chi connectivity index (χ3v) is 8.92. The van der Waals surface area contributed by atoms with E-state index < -0.39 is 40.1 Å². The summed E-state index contributed by atoms with van der Waals surface area (Å²) in [7, 11) is -3.12. The largest absolute Gasteiger partial charge is 0.573 e. The molecule has 1 saturated heterocycles. The summed E-state index contributed by atoms with van der Waals surface area (Å²) in [5, 5.41) is 10.9. The topological polar surface area (TPSA) is 131 Å². The molecule has 1 fully saturated rings. The van der Waals surface area contributed by atoms with E-state index in [0.29, 0.717) is 11.4 Å². The lowest BCUT2D eigenvalue weighted by atomic mass is 10.1. The maximum Gasteiger partial charge on any atom is 0.573 e. The third-order valence-electron chi connectivity index (χ3n) is 7.00. The van der Waals surface area contributed by atoms with Gasteiger partial charge in [0, 0.05) is 26.2 Å². The molecule has 236 valence electrons. The summed E-state index contributed by atoms with van der Waals surface area (Å²) in [4.78, 5) is 26.9. The summed E-state index contributed by atoms with van der Waals surface area (Å²) >= 11 is 0. The molecular formula is C29H32F3N5O6S. The van der Waals surface area contributed by atoms with Crippen LogP contribution in [0, 0.1) is 6.92 Å². The zero-order valence-corrected chi connectivity index (χ0v) is 25.1. The number of hydrogen-bond donors (Lipinski definition) is 1. The molecule has 3 aromatic rings. The first-order chi connectivity index (χ1) is 20.8. The molecule has 0 unspecified atom stereocenters. The van der Waals surface area contributed by atoms with Gasteiger partial charge in [-0.15, -0.1) is 23.4 Å². The smallest absolute Gasteiger partial charge is 0.464 e. The highest BCUT2D eigenvalue weighted by Crippen LogP contribution is 2.28. The Balaban J connectivity index is 1.59. The molecular weight excluding hydrogens is 603 g/mol. The van der Waals surface area contributed by atoms with Crippen LogP contribution < -0.4 is 15.0 Å². The fraction of sp³-hybridized carbons (Fsp3) is 0.379. The fourth-order valence-corrected chi connectivity index (χ4v) is 6.34. The Labute approximate surface area is 253 Å². The van der Waals surface area contributed by atoms with Gasteiger partial charge >= 0.3 is 12.3 Å². The summed E-state index contributed by atoms with van der Waals surface area (Å²) in [6.45, 7) is 3.72. The van der Waals surface area contributed by atoms with Gasteiger partial charge in [-0.25, -0.2) is 13.2 Å². The predicted molar refractivity (Wildman–Crippen MR) is 153 cm³/mol. The lowest BCUT2D eigenvalue weighted by molar-refractivity contribution is -0.274. The molecule has 1 atom stereocenters. The number of methoxy groups -OCH3 is 1. The number of ether oxygens (including phenoxy) is 2. The van der Waals surface area contributed by atoms with Gasteiger partial charge in [0.05, 0.1) is 12.0 Å². The zero-order chi connectivity index (χ0) is 32.1. The minimum atomic E-state index is -4.94. The molecule has 1 amide bonds. The maximum atomic E-state index is 13.7. The first-order valence-electron chi connectivity index (χ1n) is 13.7. The van der Waals surface area contributed by atoms with Gasteiger partial charge < -0.3 is 19.7 Å². The Morgan fingerprint density at radius 3 is 2.27 bits per heavy atom. The third kappa shape index (κ3) is 7.82. The van der Waals surface area contributed by atoms with E-state index in [2.05, 4.69) is 27.2 Å². The number of nitrogens with one attached hydrogen (secondary N) is 1. The highest BCUT2D eigenvalue weighted by molar-refractivity contribution is 7.89. The standard InChI is InChI=1S/C29H32F3N5O6S/c1-4-5-20-6-8-21(9-7-20)17-33-27(38)24-18-36(25-16-19(2)26(35-34-25)28(39)42-3)14-15-37(24)44(40,41)23-12-10-22(11-13-23)43-29(30,31)32/h6-13,16,24H,4-5,14-15,17-18H2,1-3H3,(H,33,38)/t24-/m1/s1. The normalized spacial score (nSPS) is 16.0. The van der Waals surface area contributed by atoms with Crippen LogP contribution in [0.25, 0.3) is 0 Å². The van der Waals surface area contributed by atoms with Gasteiger partial charge in [0.1, 0.15) is 11.8 Å². The van der Waals surface area contributed by atoms with Crippen LogP contribution in [0.3, 0.4) is 0 Å². The number of carbonyl (C=O) groups is 2. The molecule has 15 heteroatoms. The summed E-state index contributed by atoms with van der Waals surface area (Å²) in [5.41, 5.74) is 2.48. The van der Waals surface area contributed by atoms with Gasteiger partial charge in [-0.3, -0.25) is 4.79 Å². The number of hydrogen-bond acceptors (Lipinski definition) is 9. The van der Waals surface area contributed by atoms with E-state index in [-0.39, 0.29) is 36.8 Å². The Hall–Kier alpha value is -4.24. The number of amides is 1. The second-order valence-electron chi connectivity index (χ2n) is 10.1. The van der Waals surface area contributed by atoms with E-state index in [1.54, 1.807) is 17.9 Å². The molecule has 0 radical (unpaired) electrons. The fourth-order valence-electron chi connectivity index (χ4n) is 4.77. The molecule has 1 aliphatic rings.